The Bertz CT molecular complexity index is 664. The smallest absolute Gasteiger partial charge is 0.303 e. The molecule has 0 amide bonds. The van der Waals surface area contributed by atoms with Crippen LogP contribution in [0.3, 0.4) is 0 Å². The number of Topliss-reactive ketones (excluding diaryl/α,β-unsaturated/α-hetero) is 1. The van der Waals surface area contributed by atoms with Crippen molar-refractivity contribution in [2.75, 3.05) is 0 Å². The van der Waals surface area contributed by atoms with Gasteiger partial charge >= 0.3 is 5.97 Å². The summed E-state index contributed by atoms with van der Waals surface area (Å²) in [5, 5.41) is 9.69. The second-order valence-corrected chi connectivity index (χ2v) is 4.97. The summed E-state index contributed by atoms with van der Waals surface area (Å²) >= 11 is 0. The van der Waals surface area contributed by atoms with E-state index >= 15 is 0 Å². The van der Waals surface area contributed by atoms with Crippen LogP contribution in [0.25, 0.3) is 10.8 Å². The van der Waals surface area contributed by atoms with E-state index in [-0.39, 0.29) is 30.4 Å². The third kappa shape index (κ3) is 3.02. The van der Waals surface area contributed by atoms with E-state index in [0.29, 0.717) is 16.3 Å². The van der Waals surface area contributed by atoms with Gasteiger partial charge in [0.2, 0.25) is 0 Å². The van der Waals surface area contributed by atoms with Gasteiger partial charge < -0.3 is 5.11 Å². The largest absolute Gasteiger partial charge is 0.481 e. The molecule has 4 heteroatoms. The molecular formula is C16H15FO3. The molecule has 2 rings (SSSR count). The van der Waals surface area contributed by atoms with Gasteiger partial charge in [-0.05, 0) is 23.4 Å². The van der Waals surface area contributed by atoms with Crippen molar-refractivity contribution in [3.8, 4) is 0 Å². The lowest BCUT2D eigenvalue weighted by Crippen LogP contribution is -2.10. The fraction of sp³-hybridized carbons (Fsp3) is 0.250. The highest BCUT2D eigenvalue weighted by molar-refractivity contribution is 6.08. The standard InChI is InChI=1S/C16H15FO3/c1-10(9-16(19)20)8-15(18)13-6-7-14(17)12-5-3-2-4-11(12)13/h2-7,10H,8-9H2,1H3,(H,19,20). The molecule has 1 N–H and O–H groups in total. The lowest BCUT2D eigenvalue weighted by molar-refractivity contribution is -0.137. The molecule has 0 aliphatic rings. The highest BCUT2D eigenvalue weighted by Crippen LogP contribution is 2.24. The van der Waals surface area contributed by atoms with E-state index in [1.54, 1.807) is 31.2 Å². The normalized spacial score (nSPS) is 12.3. The van der Waals surface area contributed by atoms with Crippen molar-refractivity contribution in [2.24, 2.45) is 5.92 Å². The van der Waals surface area contributed by atoms with Gasteiger partial charge in [-0.3, -0.25) is 9.59 Å². The van der Waals surface area contributed by atoms with Crippen LogP contribution in [0, 0.1) is 11.7 Å². The number of halogens is 1. The summed E-state index contributed by atoms with van der Waals surface area (Å²) in [6.45, 7) is 1.72. The van der Waals surface area contributed by atoms with E-state index in [4.69, 9.17) is 5.11 Å². The SMILES string of the molecule is CC(CC(=O)O)CC(=O)c1ccc(F)c2ccccc12. The molecule has 20 heavy (non-hydrogen) atoms. The van der Waals surface area contributed by atoms with E-state index in [0.717, 1.165) is 0 Å². The molecule has 0 aliphatic heterocycles. The first kappa shape index (κ1) is 14.2. The van der Waals surface area contributed by atoms with Gasteiger partial charge in [-0.1, -0.05) is 31.2 Å². The molecule has 2 aromatic carbocycles. The number of carbonyl (C=O) groups is 2. The number of hydrogen-bond donors (Lipinski definition) is 1. The minimum atomic E-state index is -0.922. The maximum Gasteiger partial charge on any atom is 0.303 e. The van der Waals surface area contributed by atoms with Crippen LogP contribution in [-0.2, 0) is 4.79 Å². The van der Waals surface area contributed by atoms with Crippen molar-refractivity contribution >= 4 is 22.5 Å². The van der Waals surface area contributed by atoms with Gasteiger partial charge in [-0.25, -0.2) is 4.39 Å². The molecule has 0 radical (unpaired) electrons. The Morgan fingerprint density at radius 3 is 2.40 bits per heavy atom. The fourth-order valence-electron chi connectivity index (χ4n) is 2.30. The van der Waals surface area contributed by atoms with E-state index < -0.39 is 5.97 Å². The highest BCUT2D eigenvalue weighted by Gasteiger charge is 2.17. The summed E-state index contributed by atoms with van der Waals surface area (Å²) in [7, 11) is 0. The summed E-state index contributed by atoms with van der Waals surface area (Å²) < 4.78 is 13.7. The van der Waals surface area contributed by atoms with E-state index in [1.807, 2.05) is 0 Å². The molecule has 0 fully saturated rings. The maximum absolute atomic E-state index is 13.7. The number of carboxylic acids is 1. The molecule has 0 aromatic heterocycles. The lowest BCUT2D eigenvalue weighted by atomic mass is 9.94. The minimum absolute atomic E-state index is 0.0507. The molecule has 104 valence electrons. The molecule has 0 saturated heterocycles. The van der Waals surface area contributed by atoms with Crippen LogP contribution < -0.4 is 0 Å². The molecule has 1 atom stereocenters. The quantitative estimate of drug-likeness (QED) is 0.846. The van der Waals surface area contributed by atoms with Crippen molar-refractivity contribution in [3.05, 3.63) is 47.8 Å². The van der Waals surface area contributed by atoms with Gasteiger partial charge in [-0.2, -0.15) is 0 Å². The van der Waals surface area contributed by atoms with E-state index in [2.05, 4.69) is 0 Å². The average Bonchev–Trinajstić information content (AvgIpc) is 2.38. The number of fused-ring (bicyclic) bond motifs is 1. The Kier molecular flexibility index (Phi) is 4.13. The zero-order valence-electron chi connectivity index (χ0n) is 11.1. The van der Waals surface area contributed by atoms with Crippen molar-refractivity contribution < 1.29 is 19.1 Å². The number of hydrogen-bond acceptors (Lipinski definition) is 2. The number of rotatable bonds is 5. The molecule has 0 heterocycles. The van der Waals surface area contributed by atoms with Gasteiger partial charge in [0.05, 0.1) is 0 Å². The monoisotopic (exact) mass is 274 g/mol. The Hall–Kier alpha value is -2.23. The Morgan fingerprint density at radius 1 is 1.10 bits per heavy atom. The molecule has 0 aliphatic carbocycles. The molecule has 0 saturated carbocycles. The van der Waals surface area contributed by atoms with Crippen LogP contribution >= 0.6 is 0 Å². The van der Waals surface area contributed by atoms with E-state index in [9.17, 15) is 14.0 Å². The third-order valence-corrected chi connectivity index (χ3v) is 3.23. The fourth-order valence-corrected chi connectivity index (χ4v) is 2.30. The lowest BCUT2D eigenvalue weighted by Gasteiger charge is -2.10. The number of benzene rings is 2. The van der Waals surface area contributed by atoms with Gasteiger partial charge in [0.15, 0.2) is 5.78 Å². The minimum Gasteiger partial charge on any atom is -0.481 e. The molecule has 3 nitrogen and oxygen atoms in total. The first-order chi connectivity index (χ1) is 9.49. The van der Waals surface area contributed by atoms with Crippen LogP contribution in [0.5, 0.6) is 0 Å². The summed E-state index contributed by atoms with van der Waals surface area (Å²) in [4.78, 5) is 22.9. The van der Waals surface area contributed by atoms with Crippen LogP contribution in [0.2, 0.25) is 0 Å². The molecule has 1 unspecified atom stereocenters. The topological polar surface area (TPSA) is 54.4 Å². The number of carbonyl (C=O) groups excluding carboxylic acids is 1. The summed E-state index contributed by atoms with van der Waals surface area (Å²) in [5.74, 6) is -1.69. The van der Waals surface area contributed by atoms with Gasteiger partial charge in [0.1, 0.15) is 5.82 Å². The second-order valence-electron chi connectivity index (χ2n) is 4.97. The van der Waals surface area contributed by atoms with Crippen LogP contribution in [0.1, 0.15) is 30.1 Å². The van der Waals surface area contributed by atoms with Crippen LogP contribution in [0.15, 0.2) is 36.4 Å². The first-order valence-electron chi connectivity index (χ1n) is 6.41. The predicted molar refractivity (Wildman–Crippen MR) is 74.3 cm³/mol. The summed E-state index contributed by atoms with van der Waals surface area (Å²) in [5.41, 5.74) is 0.444. The average molecular weight is 274 g/mol. The second kappa shape index (κ2) is 5.82. The van der Waals surface area contributed by atoms with Crippen molar-refractivity contribution in [1.29, 1.82) is 0 Å². The van der Waals surface area contributed by atoms with Crippen molar-refractivity contribution in [2.45, 2.75) is 19.8 Å². The van der Waals surface area contributed by atoms with Crippen molar-refractivity contribution in [3.63, 3.8) is 0 Å². The van der Waals surface area contributed by atoms with Gasteiger partial charge in [0, 0.05) is 23.8 Å². The molecule has 0 bridgehead atoms. The van der Waals surface area contributed by atoms with Gasteiger partial charge in [0.25, 0.3) is 0 Å². The first-order valence-corrected chi connectivity index (χ1v) is 6.41. The Balaban J connectivity index is 2.31. The Morgan fingerprint density at radius 2 is 1.75 bits per heavy atom. The molecule has 2 aromatic rings. The Labute approximate surface area is 116 Å². The zero-order chi connectivity index (χ0) is 14.7. The summed E-state index contributed by atoms with van der Waals surface area (Å²) in [6.07, 6.45) is 0.0901. The molecular weight excluding hydrogens is 259 g/mol. The third-order valence-electron chi connectivity index (χ3n) is 3.23. The number of carboxylic acid groups (broad SMARTS) is 1. The molecule has 0 spiro atoms. The number of aliphatic carboxylic acids is 1. The van der Waals surface area contributed by atoms with Crippen molar-refractivity contribution in [1.82, 2.24) is 0 Å². The van der Waals surface area contributed by atoms with E-state index in [1.165, 1.54) is 12.1 Å². The maximum atomic E-state index is 13.7. The van der Waals surface area contributed by atoms with Crippen LogP contribution in [0.4, 0.5) is 4.39 Å². The number of ketones is 1. The van der Waals surface area contributed by atoms with Crippen LogP contribution in [-0.4, -0.2) is 16.9 Å². The highest BCUT2D eigenvalue weighted by atomic mass is 19.1. The zero-order valence-corrected chi connectivity index (χ0v) is 11.1. The van der Waals surface area contributed by atoms with Gasteiger partial charge in [-0.15, -0.1) is 0 Å². The predicted octanol–water partition coefficient (Wildman–Crippen LogP) is 3.66. The summed E-state index contributed by atoms with van der Waals surface area (Å²) in [6, 6.07) is 9.53.